The lowest BCUT2D eigenvalue weighted by Crippen LogP contribution is -2.40. The van der Waals surface area contributed by atoms with Crippen LogP contribution in [0.15, 0.2) is 119 Å². The molecule has 0 fully saturated rings. The molecule has 35 heavy (non-hydrogen) atoms. The summed E-state index contributed by atoms with van der Waals surface area (Å²) in [6.45, 7) is 0. The fourth-order valence-corrected chi connectivity index (χ4v) is 6.06. The molecule has 7 rings (SSSR count). The van der Waals surface area contributed by atoms with E-state index in [4.69, 9.17) is 0 Å². The minimum absolute atomic E-state index is 0.294. The summed E-state index contributed by atoms with van der Waals surface area (Å²) in [4.78, 5) is 32.7. The second-order valence-corrected chi connectivity index (χ2v) is 9.63. The van der Waals surface area contributed by atoms with Gasteiger partial charge in [-0.1, -0.05) is 60.3 Å². The van der Waals surface area contributed by atoms with E-state index in [0.717, 1.165) is 27.8 Å². The summed E-state index contributed by atoms with van der Waals surface area (Å²) in [7, 11) is 0. The third kappa shape index (κ3) is 2.95. The van der Waals surface area contributed by atoms with Crippen molar-refractivity contribution < 1.29 is 9.59 Å². The molecular formula is C30H18N2O2S. The summed E-state index contributed by atoms with van der Waals surface area (Å²) < 4.78 is 0. The molecule has 2 amide bonds. The molecule has 0 saturated carbocycles. The Hall–Kier alpha value is -4.35. The standard InChI is InChI=1S/C30H18N2O2S/c33-29-22-9-5-7-19-8-6-10-23(28(19)22)30(34)32(29)21-17-15-20(16-18-21)31-24-11-1-3-13-26(24)35-27-14-4-2-12-25(27)31/h1-18H. The van der Waals surface area contributed by atoms with Crippen molar-refractivity contribution in [2.75, 3.05) is 9.80 Å². The monoisotopic (exact) mass is 470 g/mol. The number of nitrogens with zero attached hydrogens (tertiary/aromatic N) is 2. The largest absolute Gasteiger partial charge is 0.308 e. The first kappa shape index (κ1) is 20.1. The molecule has 2 aliphatic rings. The summed E-state index contributed by atoms with van der Waals surface area (Å²) in [6, 6.07) is 35.5. The van der Waals surface area contributed by atoms with Crippen LogP contribution in [0.25, 0.3) is 10.8 Å². The van der Waals surface area contributed by atoms with E-state index < -0.39 is 0 Å². The van der Waals surface area contributed by atoms with Crippen LogP contribution < -0.4 is 9.80 Å². The van der Waals surface area contributed by atoms with Gasteiger partial charge in [0.1, 0.15) is 0 Å². The molecule has 5 aromatic carbocycles. The number of imide groups is 1. The van der Waals surface area contributed by atoms with E-state index in [1.807, 2.05) is 72.8 Å². The second-order valence-electron chi connectivity index (χ2n) is 8.54. The van der Waals surface area contributed by atoms with Crippen molar-refractivity contribution in [2.45, 2.75) is 9.79 Å². The Morgan fingerprint density at radius 3 is 1.51 bits per heavy atom. The van der Waals surface area contributed by atoms with Gasteiger partial charge in [0.15, 0.2) is 0 Å². The molecule has 0 atom stereocenters. The van der Waals surface area contributed by atoms with Gasteiger partial charge in [0, 0.05) is 32.0 Å². The maximum atomic E-state index is 13.4. The number of hydrogen-bond acceptors (Lipinski definition) is 4. The van der Waals surface area contributed by atoms with Crippen molar-refractivity contribution in [2.24, 2.45) is 0 Å². The quantitative estimate of drug-likeness (QED) is 0.245. The predicted molar refractivity (Wildman–Crippen MR) is 140 cm³/mol. The molecule has 5 heteroatoms. The van der Waals surface area contributed by atoms with E-state index >= 15 is 0 Å². The van der Waals surface area contributed by atoms with Crippen molar-refractivity contribution in [3.8, 4) is 0 Å². The van der Waals surface area contributed by atoms with E-state index in [9.17, 15) is 9.59 Å². The van der Waals surface area contributed by atoms with Crippen molar-refractivity contribution in [3.63, 3.8) is 0 Å². The van der Waals surface area contributed by atoms with Crippen molar-refractivity contribution in [1.29, 1.82) is 0 Å². The van der Waals surface area contributed by atoms with Crippen LogP contribution in [-0.4, -0.2) is 11.8 Å². The van der Waals surface area contributed by atoms with Crippen LogP contribution in [0.1, 0.15) is 20.7 Å². The van der Waals surface area contributed by atoms with E-state index in [1.54, 1.807) is 23.9 Å². The van der Waals surface area contributed by atoms with E-state index in [1.165, 1.54) is 14.7 Å². The van der Waals surface area contributed by atoms with Gasteiger partial charge in [-0.05, 0) is 66.0 Å². The summed E-state index contributed by atoms with van der Waals surface area (Å²) in [5.41, 5.74) is 4.84. The van der Waals surface area contributed by atoms with Gasteiger partial charge in [-0.3, -0.25) is 9.59 Å². The van der Waals surface area contributed by atoms with Crippen molar-refractivity contribution in [1.82, 2.24) is 0 Å². The van der Waals surface area contributed by atoms with Gasteiger partial charge in [-0.25, -0.2) is 4.90 Å². The summed E-state index contributed by atoms with van der Waals surface area (Å²) >= 11 is 1.76. The average Bonchev–Trinajstić information content (AvgIpc) is 2.91. The lowest BCUT2D eigenvalue weighted by atomic mass is 9.94. The molecule has 0 aromatic heterocycles. The molecule has 5 aromatic rings. The molecule has 2 heterocycles. The number of benzene rings is 5. The predicted octanol–water partition coefficient (Wildman–Crippen LogP) is 7.57. The molecule has 0 unspecified atom stereocenters. The average molecular weight is 471 g/mol. The van der Waals surface area contributed by atoms with Crippen LogP contribution >= 0.6 is 11.8 Å². The zero-order chi connectivity index (χ0) is 23.5. The van der Waals surface area contributed by atoms with E-state index in [-0.39, 0.29) is 11.8 Å². The summed E-state index contributed by atoms with van der Waals surface area (Å²) in [5, 5.41) is 1.63. The number of hydrogen-bond donors (Lipinski definition) is 0. The zero-order valence-electron chi connectivity index (χ0n) is 18.5. The first-order chi connectivity index (χ1) is 17.2. The highest BCUT2D eigenvalue weighted by molar-refractivity contribution is 7.99. The van der Waals surface area contributed by atoms with E-state index in [2.05, 4.69) is 29.2 Å². The normalized spacial score (nSPS) is 14.2. The summed E-state index contributed by atoms with van der Waals surface area (Å²) in [6.07, 6.45) is 0. The fraction of sp³-hybridized carbons (Fsp3) is 0. The number of carbonyl (C=O) groups excluding carboxylic acids is 2. The van der Waals surface area contributed by atoms with Gasteiger partial charge in [-0.2, -0.15) is 0 Å². The first-order valence-corrected chi connectivity index (χ1v) is 12.2. The molecule has 0 bridgehead atoms. The Kier molecular flexibility index (Phi) is 4.35. The SMILES string of the molecule is O=C1c2cccc3cccc(c23)C(=O)N1c1ccc(N2c3ccccc3Sc3ccccc32)cc1. The lowest BCUT2D eigenvalue weighted by Gasteiger charge is -2.33. The van der Waals surface area contributed by atoms with Crippen LogP contribution in [0.2, 0.25) is 0 Å². The Morgan fingerprint density at radius 2 is 0.971 bits per heavy atom. The van der Waals surface area contributed by atoms with Gasteiger partial charge in [0.2, 0.25) is 0 Å². The van der Waals surface area contributed by atoms with Gasteiger partial charge in [0.05, 0.1) is 17.1 Å². The van der Waals surface area contributed by atoms with Crippen molar-refractivity contribution in [3.05, 3.63) is 120 Å². The number of carbonyl (C=O) groups is 2. The maximum absolute atomic E-state index is 13.4. The van der Waals surface area contributed by atoms with E-state index in [0.29, 0.717) is 16.8 Å². The zero-order valence-corrected chi connectivity index (χ0v) is 19.3. The third-order valence-electron chi connectivity index (χ3n) is 6.57. The van der Waals surface area contributed by atoms with Gasteiger partial charge < -0.3 is 4.90 Å². The maximum Gasteiger partial charge on any atom is 0.265 e. The highest BCUT2D eigenvalue weighted by Crippen LogP contribution is 2.51. The fourth-order valence-electron chi connectivity index (χ4n) is 5.00. The summed E-state index contributed by atoms with van der Waals surface area (Å²) in [5.74, 6) is -0.589. The molecule has 4 nitrogen and oxygen atoms in total. The molecule has 0 saturated heterocycles. The molecular weight excluding hydrogens is 452 g/mol. The van der Waals surface area contributed by atoms with Crippen LogP contribution in [0.5, 0.6) is 0 Å². The Labute approximate surface area is 206 Å². The van der Waals surface area contributed by atoms with Crippen LogP contribution in [0.3, 0.4) is 0 Å². The number of fused-ring (bicyclic) bond motifs is 2. The van der Waals surface area contributed by atoms with Crippen LogP contribution in [0, 0.1) is 0 Å². The van der Waals surface area contributed by atoms with Gasteiger partial charge in [-0.15, -0.1) is 0 Å². The second kappa shape index (κ2) is 7.58. The smallest absolute Gasteiger partial charge is 0.265 e. The van der Waals surface area contributed by atoms with Crippen molar-refractivity contribution >= 4 is 57.1 Å². The number of anilines is 4. The number of amides is 2. The molecule has 0 radical (unpaired) electrons. The lowest BCUT2D eigenvalue weighted by molar-refractivity contribution is 0.0893. The Morgan fingerprint density at radius 1 is 0.486 bits per heavy atom. The molecule has 0 aliphatic carbocycles. The minimum atomic E-state index is -0.294. The minimum Gasteiger partial charge on any atom is -0.308 e. The topological polar surface area (TPSA) is 40.6 Å². The number of rotatable bonds is 2. The molecule has 2 aliphatic heterocycles. The van der Waals surface area contributed by atoms with Gasteiger partial charge >= 0.3 is 0 Å². The first-order valence-electron chi connectivity index (χ1n) is 11.4. The molecule has 0 spiro atoms. The number of para-hydroxylation sites is 2. The highest BCUT2D eigenvalue weighted by Gasteiger charge is 2.34. The van der Waals surface area contributed by atoms with Gasteiger partial charge in [0.25, 0.3) is 11.8 Å². The highest BCUT2D eigenvalue weighted by atomic mass is 32.2. The van der Waals surface area contributed by atoms with Crippen LogP contribution in [0.4, 0.5) is 22.7 Å². The third-order valence-corrected chi connectivity index (χ3v) is 7.70. The Bertz CT molecular complexity index is 1580. The molecule has 0 N–H and O–H groups in total. The van der Waals surface area contributed by atoms with Crippen LogP contribution in [-0.2, 0) is 0 Å². The molecule has 166 valence electrons. The Balaban J connectivity index is 1.32.